The van der Waals surface area contributed by atoms with Crippen molar-refractivity contribution in [1.29, 1.82) is 0 Å². The van der Waals surface area contributed by atoms with E-state index in [2.05, 4.69) is 13.2 Å². The Morgan fingerprint density at radius 2 is 1.73 bits per heavy atom. The van der Waals surface area contributed by atoms with Gasteiger partial charge in [0.15, 0.2) is 0 Å². The summed E-state index contributed by atoms with van der Waals surface area (Å²) in [5, 5.41) is 0. The molecule has 162 valence electrons. The highest BCUT2D eigenvalue weighted by Crippen LogP contribution is 2.21. The molecule has 1 aliphatic heterocycles. The van der Waals surface area contributed by atoms with Crippen molar-refractivity contribution in [2.45, 2.75) is 45.3 Å². The van der Waals surface area contributed by atoms with Crippen LogP contribution < -0.4 is 4.74 Å². The van der Waals surface area contributed by atoms with Crippen molar-refractivity contribution >= 4 is 12.0 Å². The zero-order chi connectivity index (χ0) is 22.3. The van der Waals surface area contributed by atoms with Gasteiger partial charge in [0.25, 0.3) is 5.91 Å². The van der Waals surface area contributed by atoms with Crippen LogP contribution in [-0.4, -0.2) is 53.6 Å². The zero-order valence-electron chi connectivity index (χ0n) is 18.4. The Hall–Kier alpha value is -3.02. The lowest BCUT2D eigenvalue weighted by atomic mass is 10.0. The molecule has 1 aliphatic rings. The van der Waals surface area contributed by atoms with E-state index in [9.17, 15) is 9.59 Å². The molecule has 2 amide bonds. The molecule has 0 unspecified atom stereocenters. The lowest BCUT2D eigenvalue weighted by molar-refractivity contribution is 0.0160. The molecule has 1 saturated heterocycles. The van der Waals surface area contributed by atoms with Crippen molar-refractivity contribution in [3.63, 3.8) is 0 Å². The Kier molecular flexibility index (Phi) is 7.86. The summed E-state index contributed by atoms with van der Waals surface area (Å²) in [6.07, 6.45) is 6.07. The van der Waals surface area contributed by atoms with Crippen LogP contribution >= 0.6 is 0 Å². The van der Waals surface area contributed by atoms with Crippen molar-refractivity contribution in [2.75, 3.05) is 20.1 Å². The molecule has 1 fully saturated rings. The molecular weight excluding hydrogens is 380 g/mol. The number of allylic oxidation sites excluding steroid dienone is 3. The molecule has 1 aromatic carbocycles. The predicted octanol–water partition coefficient (Wildman–Crippen LogP) is 4.79. The molecule has 0 spiro atoms. The minimum atomic E-state index is -0.509. The maximum atomic E-state index is 12.9. The number of carbonyl (C=O) groups excluding carboxylic acids is 2. The Morgan fingerprint density at radius 1 is 1.13 bits per heavy atom. The van der Waals surface area contributed by atoms with Gasteiger partial charge in [-0.3, -0.25) is 4.79 Å². The monoisotopic (exact) mass is 412 g/mol. The third-order valence-corrected chi connectivity index (χ3v) is 4.80. The summed E-state index contributed by atoms with van der Waals surface area (Å²) in [5.74, 6) is 1.15. The quantitative estimate of drug-likeness (QED) is 0.498. The smallest absolute Gasteiger partial charge is 0.410 e. The first-order valence-electron chi connectivity index (χ1n) is 10.1. The third kappa shape index (κ3) is 6.51. The Balaban J connectivity index is 1.93. The average molecular weight is 413 g/mol. The highest BCUT2D eigenvalue weighted by Gasteiger charge is 2.30. The number of likely N-dealkylation sites (tertiary alicyclic amines) is 1. The van der Waals surface area contributed by atoms with Crippen molar-refractivity contribution in [3.8, 4) is 5.75 Å². The van der Waals surface area contributed by atoms with E-state index in [1.807, 2.05) is 27.8 Å². The van der Waals surface area contributed by atoms with Crippen LogP contribution in [0.4, 0.5) is 4.79 Å². The normalized spacial score (nSPS) is 15.3. The fourth-order valence-electron chi connectivity index (χ4n) is 3.19. The lowest BCUT2D eigenvalue weighted by Crippen LogP contribution is -2.48. The second-order valence-electron chi connectivity index (χ2n) is 8.25. The van der Waals surface area contributed by atoms with Gasteiger partial charge < -0.3 is 19.3 Å². The molecule has 0 atom stereocenters. The number of benzene rings is 1. The highest BCUT2D eigenvalue weighted by atomic mass is 16.6. The molecule has 0 bridgehead atoms. The number of carbonyl (C=O) groups is 2. The van der Waals surface area contributed by atoms with Crippen LogP contribution in [0.2, 0.25) is 0 Å². The molecule has 1 aromatic rings. The summed E-state index contributed by atoms with van der Waals surface area (Å²) in [6.45, 7) is 14.0. The number of rotatable bonds is 6. The molecule has 0 aliphatic carbocycles. The van der Waals surface area contributed by atoms with Gasteiger partial charge in [-0.25, -0.2) is 4.79 Å². The first kappa shape index (κ1) is 23.3. The minimum Gasteiger partial charge on any atom is -0.457 e. The fraction of sp³-hybridized carbons (Fsp3) is 0.417. The molecule has 0 N–H and O–H groups in total. The van der Waals surface area contributed by atoms with Gasteiger partial charge in [-0.05, 0) is 70.0 Å². The number of piperidine rings is 1. The zero-order valence-corrected chi connectivity index (χ0v) is 18.4. The summed E-state index contributed by atoms with van der Waals surface area (Å²) < 4.78 is 11.1. The van der Waals surface area contributed by atoms with Gasteiger partial charge in [0.1, 0.15) is 17.1 Å². The van der Waals surface area contributed by atoms with Crippen LogP contribution in [-0.2, 0) is 4.74 Å². The summed E-state index contributed by atoms with van der Waals surface area (Å²) in [5.41, 5.74) is 0.0806. The molecular formula is C24H32N2O4. The summed E-state index contributed by atoms with van der Waals surface area (Å²) >= 11 is 0. The number of ether oxygens (including phenoxy) is 2. The number of hydrogen-bond donors (Lipinski definition) is 0. The van der Waals surface area contributed by atoms with E-state index in [0.717, 1.165) is 12.8 Å². The topological polar surface area (TPSA) is 59.1 Å². The standard InChI is InChI=1S/C24H32N2O4/c1-7-9-20(8-2)29-21-12-10-18(11-13-21)22(27)25(6)19-14-16-26(17-15-19)23(28)30-24(3,4)5/h7-13,19H,1-2,14-17H2,3-6H3. The Morgan fingerprint density at radius 3 is 2.23 bits per heavy atom. The maximum Gasteiger partial charge on any atom is 0.410 e. The van der Waals surface area contributed by atoms with E-state index in [1.165, 1.54) is 0 Å². The molecule has 6 nitrogen and oxygen atoms in total. The van der Waals surface area contributed by atoms with E-state index in [4.69, 9.17) is 9.47 Å². The maximum absolute atomic E-state index is 12.9. The van der Waals surface area contributed by atoms with E-state index in [0.29, 0.717) is 30.2 Å². The van der Waals surface area contributed by atoms with Gasteiger partial charge in [0, 0.05) is 31.7 Å². The third-order valence-electron chi connectivity index (χ3n) is 4.80. The first-order chi connectivity index (χ1) is 14.1. The molecule has 0 aromatic heterocycles. The molecule has 2 rings (SSSR count). The largest absolute Gasteiger partial charge is 0.457 e. The van der Waals surface area contributed by atoms with Gasteiger partial charge in [0.05, 0.1) is 0 Å². The highest BCUT2D eigenvalue weighted by molar-refractivity contribution is 5.94. The van der Waals surface area contributed by atoms with Gasteiger partial charge in [0.2, 0.25) is 0 Å². The number of amides is 2. The van der Waals surface area contributed by atoms with E-state index in [-0.39, 0.29) is 18.0 Å². The van der Waals surface area contributed by atoms with E-state index in [1.54, 1.807) is 52.3 Å². The van der Waals surface area contributed by atoms with Crippen molar-refractivity contribution in [1.82, 2.24) is 9.80 Å². The molecule has 6 heteroatoms. The lowest BCUT2D eigenvalue weighted by Gasteiger charge is -2.37. The molecule has 0 radical (unpaired) electrons. The van der Waals surface area contributed by atoms with E-state index < -0.39 is 5.60 Å². The van der Waals surface area contributed by atoms with Gasteiger partial charge >= 0.3 is 6.09 Å². The van der Waals surface area contributed by atoms with Crippen LogP contribution in [0.1, 0.15) is 44.0 Å². The summed E-state index contributed by atoms with van der Waals surface area (Å²) in [6, 6.07) is 7.09. The summed E-state index contributed by atoms with van der Waals surface area (Å²) in [7, 11) is 1.81. The van der Waals surface area contributed by atoms with Crippen LogP contribution in [0.5, 0.6) is 5.75 Å². The Labute approximate surface area is 179 Å². The van der Waals surface area contributed by atoms with Crippen molar-refractivity contribution in [3.05, 3.63) is 67.0 Å². The fourth-order valence-corrected chi connectivity index (χ4v) is 3.19. The van der Waals surface area contributed by atoms with Gasteiger partial charge in [-0.15, -0.1) is 0 Å². The van der Waals surface area contributed by atoms with E-state index >= 15 is 0 Å². The molecule has 1 heterocycles. The molecule has 0 saturated carbocycles. The SMILES string of the molecule is C=CC=C(C=C)Oc1ccc(C(=O)N(C)C2CCN(C(=O)OC(C)(C)C)CC2)cc1. The van der Waals surface area contributed by atoms with Gasteiger partial charge in [-0.1, -0.05) is 19.2 Å². The average Bonchev–Trinajstić information content (AvgIpc) is 2.71. The molecule has 30 heavy (non-hydrogen) atoms. The van der Waals surface area contributed by atoms with Crippen LogP contribution in [0, 0.1) is 0 Å². The summed E-state index contributed by atoms with van der Waals surface area (Å²) in [4.78, 5) is 28.6. The first-order valence-corrected chi connectivity index (χ1v) is 10.1. The van der Waals surface area contributed by atoms with Crippen LogP contribution in [0.25, 0.3) is 0 Å². The van der Waals surface area contributed by atoms with Gasteiger partial charge in [-0.2, -0.15) is 0 Å². The van der Waals surface area contributed by atoms with Crippen LogP contribution in [0.15, 0.2) is 61.4 Å². The van der Waals surface area contributed by atoms with Crippen molar-refractivity contribution < 1.29 is 19.1 Å². The number of hydrogen-bond acceptors (Lipinski definition) is 4. The van der Waals surface area contributed by atoms with Crippen LogP contribution in [0.3, 0.4) is 0 Å². The second-order valence-corrected chi connectivity index (χ2v) is 8.25. The minimum absolute atomic E-state index is 0.0529. The Bertz CT molecular complexity index is 797. The predicted molar refractivity (Wildman–Crippen MR) is 118 cm³/mol. The second kappa shape index (κ2) is 10.1. The number of nitrogens with zero attached hydrogens (tertiary/aromatic N) is 2. The van der Waals surface area contributed by atoms with Crippen molar-refractivity contribution in [2.24, 2.45) is 0 Å².